The van der Waals surface area contributed by atoms with Crippen LogP contribution < -0.4 is 0 Å². The van der Waals surface area contributed by atoms with Crippen LogP contribution in [-0.2, 0) is 4.79 Å². The van der Waals surface area contributed by atoms with Gasteiger partial charge >= 0.3 is 5.69 Å². The van der Waals surface area contributed by atoms with Crippen LogP contribution in [0.25, 0.3) is 0 Å². The van der Waals surface area contributed by atoms with E-state index in [0.717, 1.165) is 12.5 Å². The third-order valence-corrected chi connectivity index (χ3v) is 3.45. The van der Waals surface area contributed by atoms with Crippen LogP contribution in [0.1, 0.15) is 43.8 Å². The van der Waals surface area contributed by atoms with E-state index in [-0.39, 0.29) is 12.0 Å². The summed E-state index contributed by atoms with van der Waals surface area (Å²) >= 11 is 0. The summed E-state index contributed by atoms with van der Waals surface area (Å²) in [4.78, 5) is 20.5. The fourth-order valence-electron chi connectivity index (χ4n) is 2.38. The van der Waals surface area contributed by atoms with Gasteiger partial charge in [0.25, 0.3) is 6.43 Å². The zero-order chi connectivity index (χ0) is 14.0. The first-order valence-corrected chi connectivity index (χ1v) is 5.99. The third-order valence-electron chi connectivity index (χ3n) is 3.45. The molecule has 1 aliphatic rings. The molecule has 0 N–H and O–H groups in total. The van der Waals surface area contributed by atoms with Crippen LogP contribution in [0.2, 0.25) is 0 Å². The number of alkyl halides is 2. The first-order valence-electron chi connectivity index (χ1n) is 5.99. The van der Waals surface area contributed by atoms with E-state index < -0.39 is 22.7 Å². The molecular weight excluding hydrogens is 260 g/mol. The largest absolute Gasteiger partial charge is 0.316 e. The van der Waals surface area contributed by atoms with Gasteiger partial charge in [0.05, 0.1) is 11.0 Å². The summed E-state index contributed by atoms with van der Waals surface area (Å²) in [7, 11) is 0. The highest BCUT2D eigenvalue weighted by Crippen LogP contribution is 2.34. The molecule has 0 aromatic carbocycles. The van der Waals surface area contributed by atoms with Gasteiger partial charge in [0.15, 0.2) is 0 Å². The van der Waals surface area contributed by atoms with Gasteiger partial charge in [-0.3, -0.25) is 14.8 Å². The fourth-order valence-corrected chi connectivity index (χ4v) is 2.38. The van der Waals surface area contributed by atoms with Crippen molar-refractivity contribution in [3.05, 3.63) is 22.0 Å². The molecule has 0 bridgehead atoms. The lowest BCUT2D eigenvalue weighted by atomic mass is 9.87. The molecule has 0 amide bonds. The standard InChI is InChI=1S/C11H13F2N3O3/c12-11(13)10-9(16(18)19)5-15(14-10)8-3-1-7(6-17)2-4-8/h5-8,11H,1-4H2. The van der Waals surface area contributed by atoms with Gasteiger partial charge in [-0.15, -0.1) is 0 Å². The molecule has 0 aliphatic heterocycles. The second kappa shape index (κ2) is 5.41. The molecule has 6 nitrogen and oxygen atoms in total. The van der Waals surface area contributed by atoms with Crippen molar-refractivity contribution in [2.75, 3.05) is 0 Å². The Morgan fingerprint density at radius 3 is 2.47 bits per heavy atom. The number of aldehydes is 1. The van der Waals surface area contributed by atoms with E-state index in [1.807, 2.05) is 0 Å². The molecule has 0 spiro atoms. The Morgan fingerprint density at radius 1 is 1.42 bits per heavy atom. The number of rotatable bonds is 4. The minimum absolute atomic E-state index is 0.00336. The number of carbonyl (C=O) groups is 1. The highest BCUT2D eigenvalue weighted by molar-refractivity contribution is 5.53. The number of nitro groups is 1. The average Bonchev–Trinajstić information content (AvgIpc) is 2.84. The van der Waals surface area contributed by atoms with Crippen molar-refractivity contribution in [3.63, 3.8) is 0 Å². The van der Waals surface area contributed by atoms with Crippen LogP contribution in [0.3, 0.4) is 0 Å². The number of aromatic nitrogens is 2. The van der Waals surface area contributed by atoms with E-state index in [0.29, 0.717) is 25.7 Å². The van der Waals surface area contributed by atoms with E-state index in [9.17, 15) is 23.7 Å². The first-order chi connectivity index (χ1) is 9.02. The van der Waals surface area contributed by atoms with Gasteiger partial charge < -0.3 is 4.79 Å². The van der Waals surface area contributed by atoms with Crippen molar-refractivity contribution in [2.45, 2.75) is 38.2 Å². The highest BCUT2D eigenvalue weighted by Gasteiger charge is 2.30. The molecule has 1 aromatic rings. The summed E-state index contributed by atoms with van der Waals surface area (Å²) < 4.78 is 26.6. The Labute approximate surface area is 107 Å². The maximum absolute atomic E-state index is 12.7. The SMILES string of the molecule is O=CC1CCC(n2cc([N+](=O)[O-])c(C(F)F)n2)CC1. The Balaban J connectivity index is 2.19. The van der Waals surface area contributed by atoms with Crippen molar-refractivity contribution >= 4 is 12.0 Å². The molecule has 1 saturated carbocycles. The average molecular weight is 273 g/mol. The lowest BCUT2D eigenvalue weighted by Crippen LogP contribution is -2.19. The molecule has 104 valence electrons. The predicted molar refractivity (Wildman–Crippen MR) is 60.9 cm³/mol. The molecule has 1 fully saturated rings. The fraction of sp³-hybridized carbons (Fsp3) is 0.636. The number of nitrogens with zero attached hydrogens (tertiary/aromatic N) is 3. The zero-order valence-electron chi connectivity index (χ0n) is 10.0. The quantitative estimate of drug-likeness (QED) is 0.480. The number of hydrogen-bond acceptors (Lipinski definition) is 4. The van der Waals surface area contributed by atoms with Gasteiger partial charge in [0.2, 0.25) is 5.69 Å². The van der Waals surface area contributed by atoms with Gasteiger partial charge in [-0.1, -0.05) is 0 Å². The van der Waals surface area contributed by atoms with Gasteiger partial charge in [-0.2, -0.15) is 5.10 Å². The minimum atomic E-state index is -2.96. The summed E-state index contributed by atoms with van der Waals surface area (Å²) in [6.07, 6.45) is 1.54. The molecule has 2 rings (SSSR count). The van der Waals surface area contributed by atoms with E-state index in [1.165, 1.54) is 4.68 Å². The Kier molecular flexibility index (Phi) is 3.87. The van der Waals surface area contributed by atoms with Crippen molar-refractivity contribution in [3.8, 4) is 0 Å². The summed E-state index contributed by atoms with van der Waals surface area (Å²) in [5.41, 5.74) is -1.44. The predicted octanol–water partition coefficient (Wildman–Crippen LogP) is 2.66. The van der Waals surface area contributed by atoms with Crippen LogP contribution in [0.15, 0.2) is 6.20 Å². The Hall–Kier alpha value is -1.86. The van der Waals surface area contributed by atoms with E-state index >= 15 is 0 Å². The Morgan fingerprint density at radius 2 is 2.05 bits per heavy atom. The number of halogens is 2. The molecule has 19 heavy (non-hydrogen) atoms. The summed E-state index contributed by atoms with van der Waals surface area (Å²) in [5, 5.41) is 14.3. The second-order valence-corrected chi connectivity index (χ2v) is 4.64. The number of carbonyl (C=O) groups excluding carboxylic acids is 1. The minimum Gasteiger partial charge on any atom is -0.303 e. The van der Waals surface area contributed by atoms with E-state index in [1.54, 1.807) is 0 Å². The van der Waals surface area contributed by atoms with Crippen molar-refractivity contribution in [1.82, 2.24) is 9.78 Å². The van der Waals surface area contributed by atoms with Gasteiger partial charge in [-0.25, -0.2) is 8.78 Å². The van der Waals surface area contributed by atoms with Gasteiger partial charge in [0, 0.05) is 5.92 Å². The molecule has 1 heterocycles. The van der Waals surface area contributed by atoms with Gasteiger partial charge in [0.1, 0.15) is 12.5 Å². The lowest BCUT2D eigenvalue weighted by Gasteiger charge is -2.25. The Bertz CT molecular complexity index is 482. The molecule has 1 aliphatic carbocycles. The molecular formula is C11H13F2N3O3. The van der Waals surface area contributed by atoms with Crippen molar-refractivity contribution in [1.29, 1.82) is 0 Å². The zero-order valence-corrected chi connectivity index (χ0v) is 10.0. The number of hydrogen-bond donors (Lipinski definition) is 0. The maximum Gasteiger partial charge on any atom is 0.316 e. The third kappa shape index (κ3) is 2.77. The summed E-state index contributed by atoms with van der Waals surface area (Å²) in [5.74, 6) is -0.00336. The van der Waals surface area contributed by atoms with Crippen molar-refractivity contribution in [2.24, 2.45) is 5.92 Å². The summed E-state index contributed by atoms with van der Waals surface area (Å²) in [6, 6.07) is -0.151. The smallest absolute Gasteiger partial charge is 0.303 e. The molecule has 0 atom stereocenters. The highest BCUT2D eigenvalue weighted by atomic mass is 19.3. The van der Waals surface area contributed by atoms with E-state index in [4.69, 9.17) is 0 Å². The van der Waals surface area contributed by atoms with Crippen LogP contribution >= 0.6 is 0 Å². The molecule has 0 radical (unpaired) electrons. The molecule has 0 saturated heterocycles. The topological polar surface area (TPSA) is 78.0 Å². The van der Waals surface area contributed by atoms with Gasteiger partial charge in [-0.05, 0) is 25.7 Å². The maximum atomic E-state index is 12.7. The second-order valence-electron chi connectivity index (χ2n) is 4.64. The van der Waals surface area contributed by atoms with Crippen LogP contribution in [0, 0.1) is 16.0 Å². The van der Waals surface area contributed by atoms with Crippen LogP contribution in [0.4, 0.5) is 14.5 Å². The normalized spacial score (nSPS) is 23.5. The molecule has 1 aromatic heterocycles. The monoisotopic (exact) mass is 273 g/mol. The summed E-state index contributed by atoms with van der Waals surface area (Å²) in [6.45, 7) is 0. The molecule has 0 unspecified atom stereocenters. The van der Waals surface area contributed by atoms with E-state index in [2.05, 4.69) is 5.10 Å². The van der Waals surface area contributed by atoms with Crippen LogP contribution in [-0.4, -0.2) is 21.0 Å². The van der Waals surface area contributed by atoms with Crippen LogP contribution in [0.5, 0.6) is 0 Å². The van der Waals surface area contributed by atoms with Crippen molar-refractivity contribution < 1.29 is 18.5 Å². The first kappa shape index (κ1) is 13.6. The molecule has 8 heteroatoms. The lowest BCUT2D eigenvalue weighted by molar-refractivity contribution is -0.386.